The number of benzene rings is 1. The minimum absolute atomic E-state index is 0.116. The number of para-hydroxylation sites is 1. The van der Waals surface area contributed by atoms with E-state index in [0.29, 0.717) is 5.82 Å². The summed E-state index contributed by atoms with van der Waals surface area (Å²) < 4.78 is 2.06. The van der Waals surface area contributed by atoms with Gasteiger partial charge in [0.1, 0.15) is 0 Å². The van der Waals surface area contributed by atoms with Crippen LogP contribution in [0.3, 0.4) is 0 Å². The number of carbonyl (C=O) groups excluding carboxylic acids is 1. The molecule has 0 saturated carbocycles. The number of rotatable bonds is 6. The highest BCUT2D eigenvalue weighted by Gasteiger charge is 2.20. The Balaban J connectivity index is 1.78. The maximum Gasteiger partial charge on any atom is 0.291 e. The number of aromatic nitrogens is 2. The van der Waals surface area contributed by atoms with Crippen molar-refractivity contribution in [3.8, 4) is 0 Å². The molecule has 0 aliphatic carbocycles. The van der Waals surface area contributed by atoms with Gasteiger partial charge in [-0.3, -0.25) is 9.69 Å². The second kappa shape index (κ2) is 7.62. The minimum Gasteiger partial charge on any atom is -0.324 e. The number of amides is 1. The molecular formula is C19H26N4O. The van der Waals surface area contributed by atoms with Crippen molar-refractivity contribution in [3.63, 3.8) is 0 Å². The van der Waals surface area contributed by atoms with Gasteiger partial charge in [-0.15, -0.1) is 0 Å². The molecule has 0 radical (unpaired) electrons. The van der Waals surface area contributed by atoms with E-state index in [9.17, 15) is 4.79 Å². The largest absolute Gasteiger partial charge is 0.324 e. The maximum atomic E-state index is 12.7. The minimum atomic E-state index is -0.116. The van der Waals surface area contributed by atoms with E-state index in [1.165, 1.54) is 12.1 Å². The van der Waals surface area contributed by atoms with Crippen LogP contribution in [0.2, 0.25) is 0 Å². The summed E-state index contributed by atoms with van der Waals surface area (Å²) in [4.78, 5) is 19.4. The lowest BCUT2D eigenvalue weighted by Gasteiger charge is -2.20. The fourth-order valence-corrected chi connectivity index (χ4v) is 3.26. The summed E-state index contributed by atoms with van der Waals surface area (Å²) in [6, 6.07) is 8.03. The second-order valence-electron chi connectivity index (χ2n) is 6.25. The van der Waals surface area contributed by atoms with Crippen LogP contribution in [0.25, 0.3) is 0 Å². The van der Waals surface area contributed by atoms with E-state index < -0.39 is 0 Å². The highest BCUT2D eigenvalue weighted by atomic mass is 16.2. The highest BCUT2D eigenvalue weighted by Crippen LogP contribution is 2.20. The maximum absolute atomic E-state index is 12.7. The summed E-state index contributed by atoms with van der Waals surface area (Å²) in [7, 11) is 0. The predicted molar refractivity (Wildman–Crippen MR) is 96.2 cm³/mol. The Hall–Kier alpha value is -2.14. The zero-order valence-electron chi connectivity index (χ0n) is 14.6. The fourth-order valence-electron chi connectivity index (χ4n) is 3.26. The zero-order valence-corrected chi connectivity index (χ0v) is 14.6. The smallest absolute Gasteiger partial charge is 0.291 e. The summed E-state index contributed by atoms with van der Waals surface area (Å²) >= 11 is 0. The van der Waals surface area contributed by atoms with Crippen LogP contribution in [0.1, 0.15) is 48.6 Å². The van der Waals surface area contributed by atoms with Crippen molar-refractivity contribution in [1.82, 2.24) is 14.5 Å². The molecule has 0 spiro atoms. The van der Waals surface area contributed by atoms with Gasteiger partial charge in [0.05, 0.1) is 0 Å². The molecule has 0 atom stereocenters. The van der Waals surface area contributed by atoms with Gasteiger partial charge in [-0.05, 0) is 44.0 Å². The Labute approximate surface area is 143 Å². The van der Waals surface area contributed by atoms with Gasteiger partial charge in [0, 0.05) is 30.7 Å². The van der Waals surface area contributed by atoms with Gasteiger partial charge in [0.2, 0.25) is 0 Å². The average molecular weight is 326 g/mol. The molecule has 5 heteroatoms. The molecule has 5 nitrogen and oxygen atoms in total. The van der Waals surface area contributed by atoms with E-state index in [1.807, 2.05) is 24.4 Å². The number of hydrogen-bond donors (Lipinski definition) is 1. The van der Waals surface area contributed by atoms with Crippen LogP contribution in [0, 0.1) is 0 Å². The second-order valence-corrected chi connectivity index (χ2v) is 6.25. The zero-order chi connectivity index (χ0) is 16.9. The van der Waals surface area contributed by atoms with Crippen molar-refractivity contribution in [1.29, 1.82) is 0 Å². The Bertz CT molecular complexity index is 703. The monoisotopic (exact) mass is 326 g/mol. The number of fused-ring (bicyclic) bond motifs is 1. The van der Waals surface area contributed by atoms with Crippen molar-refractivity contribution in [2.45, 2.75) is 46.2 Å². The van der Waals surface area contributed by atoms with Crippen LogP contribution in [-0.2, 0) is 19.5 Å². The van der Waals surface area contributed by atoms with Crippen molar-refractivity contribution >= 4 is 11.6 Å². The summed E-state index contributed by atoms with van der Waals surface area (Å²) in [6.07, 6.45) is 5.15. The first kappa shape index (κ1) is 16.7. The van der Waals surface area contributed by atoms with Gasteiger partial charge in [-0.1, -0.05) is 32.0 Å². The fraction of sp³-hybridized carbons (Fsp3) is 0.474. The lowest BCUT2D eigenvalue weighted by Crippen LogP contribution is -2.24. The third kappa shape index (κ3) is 3.51. The topological polar surface area (TPSA) is 50.2 Å². The van der Waals surface area contributed by atoms with E-state index in [-0.39, 0.29) is 5.91 Å². The van der Waals surface area contributed by atoms with E-state index in [1.54, 1.807) is 0 Å². The number of imidazole rings is 1. The Morgan fingerprint density at radius 1 is 1.25 bits per heavy atom. The number of aryl methyl sites for hydroxylation is 1. The van der Waals surface area contributed by atoms with Crippen molar-refractivity contribution in [2.24, 2.45) is 0 Å². The highest BCUT2D eigenvalue weighted by molar-refractivity contribution is 6.02. The van der Waals surface area contributed by atoms with Gasteiger partial charge >= 0.3 is 0 Å². The van der Waals surface area contributed by atoms with Crippen molar-refractivity contribution in [2.75, 3.05) is 18.4 Å². The van der Waals surface area contributed by atoms with E-state index in [0.717, 1.165) is 50.3 Å². The van der Waals surface area contributed by atoms with E-state index in [2.05, 4.69) is 39.7 Å². The predicted octanol–water partition coefficient (Wildman–Crippen LogP) is 3.31. The van der Waals surface area contributed by atoms with Gasteiger partial charge < -0.3 is 9.88 Å². The van der Waals surface area contributed by atoms with Crippen molar-refractivity contribution in [3.05, 3.63) is 47.5 Å². The number of anilines is 1. The summed E-state index contributed by atoms with van der Waals surface area (Å²) in [5.74, 6) is 0.414. The first-order valence-corrected chi connectivity index (χ1v) is 8.89. The molecule has 128 valence electrons. The first-order valence-electron chi connectivity index (χ1n) is 8.89. The normalized spacial score (nSPS) is 13.8. The Kier molecular flexibility index (Phi) is 5.30. The Morgan fingerprint density at radius 3 is 2.83 bits per heavy atom. The molecule has 0 fully saturated rings. The molecule has 1 N–H and O–H groups in total. The molecule has 0 saturated heterocycles. The van der Waals surface area contributed by atoms with Crippen LogP contribution in [0.5, 0.6) is 0 Å². The standard InChI is InChI=1S/C19H26N4O/c1-3-22(4-2)14-15-9-5-6-11-17(15)21-19(24)18-20-13-16-10-7-8-12-23(16)18/h5-6,9,11,13H,3-4,7-8,10,12,14H2,1-2H3,(H,21,24). The van der Waals surface area contributed by atoms with Gasteiger partial charge in [0.25, 0.3) is 5.91 Å². The van der Waals surface area contributed by atoms with Crippen LogP contribution in [-0.4, -0.2) is 33.4 Å². The molecule has 2 aromatic rings. The third-order valence-electron chi connectivity index (χ3n) is 4.76. The van der Waals surface area contributed by atoms with Crippen LogP contribution in [0.15, 0.2) is 30.5 Å². The summed E-state index contributed by atoms with van der Waals surface area (Å²) in [5, 5.41) is 3.07. The van der Waals surface area contributed by atoms with Crippen LogP contribution >= 0.6 is 0 Å². The summed E-state index contributed by atoms with van der Waals surface area (Å²) in [6.45, 7) is 8.02. The molecular weight excluding hydrogens is 300 g/mol. The van der Waals surface area contributed by atoms with Gasteiger partial charge in [0.15, 0.2) is 5.82 Å². The number of nitrogens with one attached hydrogen (secondary N) is 1. The van der Waals surface area contributed by atoms with E-state index in [4.69, 9.17) is 0 Å². The van der Waals surface area contributed by atoms with Gasteiger partial charge in [-0.2, -0.15) is 0 Å². The SMILES string of the molecule is CCN(CC)Cc1ccccc1NC(=O)c1ncc2n1CCCC2. The lowest BCUT2D eigenvalue weighted by atomic mass is 10.1. The molecule has 2 heterocycles. The van der Waals surface area contributed by atoms with Crippen LogP contribution in [0.4, 0.5) is 5.69 Å². The number of hydrogen-bond acceptors (Lipinski definition) is 3. The average Bonchev–Trinajstić information content (AvgIpc) is 3.05. The van der Waals surface area contributed by atoms with E-state index >= 15 is 0 Å². The summed E-state index contributed by atoms with van der Waals surface area (Å²) in [5.41, 5.74) is 3.19. The molecule has 1 aliphatic heterocycles. The Morgan fingerprint density at radius 2 is 2.04 bits per heavy atom. The molecule has 24 heavy (non-hydrogen) atoms. The number of carbonyl (C=O) groups is 1. The molecule has 0 unspecified atom stereocenters. The van der Waals surface area contributed by atoms with Crippen molar-refractivity contribution < 1.29 is 4.79 Å². The first-order chi connectivity index (χ1) is 11.7. The molecule has 0 bridgehead atoms. The molecule has 1 amide bonds. The third-order valence-corrected chi connectivity index (χ3v) is 4.76. The van der Waals surface area contributed by atoms with Crippen LogP contribution < -0.4 is 5.32 Å². The molecule has 1 aromatic carbocycles. The lowest BCUT2D eigenvalue weighted by molar-refractivity contribution is 0.101. The number of nitrogens with zero attached hydrogens (tertiary/aromatic N) is 3. The molecule has 3 rings (SSSR count). The quantitative estimate of drug-likeness (QED) is 0.886. The van der Waals surface area contributed by atoms with Gasteiger partial charge in [-0.25, -0.2) is 4.98 Å². The molecule has 1 aromatic heterocycles. The molecule has 1 aliphatic rings.